The van der Waals surface area contributed by atoms with Gasteiger partial charge < -0.3 is 0 Å². The van der Waals surface area contributed by atoms with Crippen LogP contribution in [-0.4, -0.2) is 0 Å². The Hall–Kier alpha value is -0.227. The number of hydrogen-bond acceptors (Lipinski definition) is 0. The van der Waals surface area contributed by atoms with Gasteiger partial charge in [0.25, 0.3) is 0 Å². The predicted octanol–water partition coefficient (Wildman–Crippen LogP) is 6.49. The van der Waals surface area contributed by atoms with Gasteiger partial charge in [0, 0.05) is 0 Å². The normalized spacial score (nSPS) is 11.5. The van der Waals surface area contributed by atoms with Crippen molar-refractivity contribution in [1.82, 2.24) is 0 Å². The maximum Gasteiger partial charge on any atom is 2.00 e. The van der Waals surface area contributed by atoms with Crippen LogP contribution in [0.3, 0.4) is 0 Å². The molecule has 2 aromatic carbocycles. The number of allylic oxidation sites excluding steroid dienone is 4. The van der Waals surface area contributed by atoms with Crippen LogP contribution in [0.4, 0.5) is 0 Å². The van der Waals surface area contributed by atoms with Gasteiger partial charge in [0.15, 0.2) is 0 Å². The average molecular weight is 415 g/mol. The third-order valence-corrected chi connectivity index (χ3v) is 3.43. The van der Waals surface area contributed by atoms with Crippen LogP contribution < -0.4 is 0 Å². The smallest absolute Gasteiger partial charge is 0.269 e. The number of fused-ring (bicyclic) bond motifs is 1. The number of rotatable bonds is 2. The Morgan fingerprint density at radius 1 is 1.18 bits per heavy atom. The van der Waals surface area contributed by atoms with E-state index in [-0.39, 0.29) is 51.0 Å². The van der Waals surface area contributed by atoms with Crippen molar-refractivity contribution in [2.45, 2.75) is 40.0 Å². The molecule has 0 saturated carbocycles. The summed E-state index contributed by atoms with van der Waals surface area (Å²) in [5.41, 5.74) is 4.11. The molecule has 0 unspecified atom stereocenters. The molecule has 0 bridgehead atoms. The third-order valence-electron chi connectivity index (χ3n) is 3.43. The van der Waals surface area contributed by atoms with Crippen LogP contribution in [0.5, 0.6) is 0 Å². The van der Waals surface area contributed by atoms with E-state index in [2.05, 4.69) is 69.3 Å². The fraction of sp³-hybridized carbons (Fsp3) is 0.316. The zero-order valence-corrected chi connectivity index (χ0v) is 17.6. The molecule has 0 aliphatic heterocycles. The van der Waals surface area contributed by atoms with Crippen molar-refractivity contribution >= 4 is 35.6 Å². The van der Waals surface area contributed by atoms with Crippen LogP contribution in [0.2, 0.25) is 0 Å². The Labute approximate surface area is 166 Å². The molecular weight excluding hydrogens is 390 g/mol. The topological polar surface area (TPSA) is 0 Å². The largest absolute Gasteiger partial charge is 2.00 e. The van der Waals surface area contributed by atoms with E-state index in [0.29, 0.717) is 0 Å². The first-order valence-electron chi connectivity index (χ1n) is 7.09. The Bertz CT molecular complexity index is 609. The Morgan fingerprint density at radius 2 is 1.91 bits per heavy atom. The van der Waals surface area contributed by atoms with Crippen molar-refractivity contribution in [1.29, 1.82) is 0 Å². The van der Waals surface area contributed by atoms with E-state index in [1.54, 1.807) is 0 Å². The Morgan fingerprint density at radius 3 is 2.50 bits per heavy atom. The second-order valence-corrected chi connectivity index (χ2v) is 5.17. The van der Waals surface area contributed by atoms with E-state index in [9.17, 15) is 0 Å². The van der Waals surface area contributed by atoms with Gasteiger partial charge in [0.2, 0.25) is 0 Å². The van der Waals surface area contributed by atoms with Crippen LogP contribution in [0.15, 0.2) is 48.1 Å². The van der Waals surface area contributed by atoms with Crippen molar-refractivity contribution in [2.24, 2.45) is 0 Å². The fourth-order valence-corrected chi connectivity index (χ4v) is 2.35. The molecule has 0 nitrogen and oxygen atoms in total. The molecule has 3 heteroatoms. The van der Waals surface area contributed by atoms with Gasteiger partial charge in [-0.25, -0.2) is 11.6 Å². The van der Waals surface area contributed by atoms with Crippen LogP contribution in [0, 0.1) is 19.9 Å². The summed E-state index contributed by atoms with van der Waals surface area (Å²) in [6.45, 7) is 6.48. The number of hydrogen-bond donors (Lipinski definition) is 0. The fourth-order valence-electron chi connectivity index (χ4n) is 2.35. The molecule has 0 amide bonds. The van der Waals surface area contributed by atoms with E-state index in [0.717, 1.165) is 6.42 Å². The summed E-state index contributed by atoms with van der Waals surface area (Å²) < 4.78 is 0. The summed E-state index contributed by atoms with van der Waals surface area (Å²) in [6.07, 6.45) is 11.1. The summed E-state index contributed by atoms with van der Waals surface area (Å²) >= 11 is 0. The van der Waals surface area contributed by atoms with Gasteiger partial charge in [-0.2, -0.15) is 18.2 Å². The van der Waals surface area contributed by atoms with Gasteiger partial charge >= 0.3 is 26.2 Å². The molecule has 1 aliphatic carbocycles. The van der Waals surface area contributed by atoms with E-state index >= 15 is 0 Å². The quantitative estimate of drug-likeness (QED) is 0.493. The minimum Gasteiger partial charge on any atom is -0.269 e. The molecule has 0 aromatic heterocycles. The Kier molecular flexibility index (Phi) is 13.4. The Balaban J connectivity index is 0. The summed E-state index contributed by atoms with van der Waals surface area (Å²) in [5.74, 6) is 0. The van der Waals surface area contributed by atoms with E-state index in [1.807, 2.05) is 0 Å². The molecule has 0 radical (unpaired) electrons. The molecule has 0 fully saturated rings. The van der Waals surface area contributed by atoms with Gasteiger partial charge in [-0.15, -0.1) is 59.7 Å². The standard InChI is InChI=1S/C11H11.C8H11.2ClH.Zr/c1-8-3-5-10-6-4-9(2)11(10)7-8;1-2-5-8-6-3-4-7-8;;;/h3-7H,1-2H3;3,6H,2,4-5H2,1H3;2*1H;/q2*-1;;;+2. The van der Waals surface area contributed by atoms with E-state index in [1.165, 1.54) is 40.3 Å². The molecule has 0 heterocycles. The van der Waals surface area contributed by atoms with Crippen LogP contribution in [-0.2, 0) is 26.2 Å². The SMILES string of the molecule is CCCC1=[C-]CC=C1.Cc1ccc2cc[c-](C)c2c1.Cl.Cl.[Zr+2]. The van der Waals surface area contributed by atoms with E-state index < -0.39 is 0 Å². The maximum absolute atomic E-state index is 3.26. The van der Waals surface area contributed by atoms with Crippen molar-refractivity contribution in [3.8, 4) is 0 Å². The first kappa shape index (κ1) is 24.0. The third kappa shape index (κ3) is 6.90. The summed E-state index contributed by atoms with van der Waals surface area (Å²) in [7, 11) is 0. The first-order chi connectivity index (χ1) is 9.20. The van der Waals surface area contributed by atoms with Crippen molar-refractivity contribution in [3.05, 3.63) is 65.3 Å². The molecule has 3 rings (SSSR count). The van der Waals surface area contributed by atoms with Gasteiger partial charge in [0.1, 0.15) is 0 Å². The number of aryl methyl sites for hydroxylation is 2. The van der Waals surface area contributed by atoms with Crippen LogP contribution in [0.25, 0.3) is 10.8 Å². The minimum absolute atomic E-state index is 0. The molecule has 1 aliphatic rings. The van der Waals surface area contributed by atoms with Crippen LogP contribution in [0.1, 0.15) is 37.3 Å². The molecule has 118 valence electrons. The molecule has 0 N–H and O–H groups in total. The zero-order valence-electron chi connectivity index (χ0n) is 13.5. The molecule has 2 aromatic rings. The summed E-state index contributed by atoms with van der Waals surface area (Å²) in [5, 5.41) is 2.75. The molecule has 0 atom stereocenters. The maximum atomic E-state index is 3.26. The summed E-state index contributed by atoms with van der Waals surface area (Å²) in [6, 6.07) is 10.9. The van der Waals surface area contributed by atoms with Gasteiger partial charge in [0.05, 0.1) is 0 Å². The molecular formula is C19H24Cl2Zr. The summed E-state index contributed by atoms with van der Waals surface area (Å²) in [4.78, 5) is 0. The molecule has 0 spiro atoms. The monoisotopic (exact) mass is 412 g/mol. The molecule has 0 saturated heterocycles. The average Bonchev–Trinajstić information content (AvgIpc) is 3.02. The van der Waals surface area contributed by atoms with Crippen molar-refractivity contribution in [2.75, 3.05) is 0 Å². The van der Waals surface area contributed by atoms with Gasteiger partial charge in [-0.05, 0) is 6.92 Å². The van der Waals surface area contributed by atoms with Crippen molar-refractivity contribution in [3.63, 3.8) is 0 Å². The van der Waals surface area contributed by atoms with Gasteiger partial charge in [-0.1, -0.05) is 38.3 Å². The number of halogens is 2. The minimum atomic E-state index is 0. The van der Waals surface area contributed by atoms with Crippen molar-refractivity contribution < 1.29 is 26.2 Å². The van der Waals surface area contributed by atoms with Gasteiger partial charge in [-0.3, -0.25) is 6.08 Å². The predicted molar refractivity (Wildman–Crippen MR) is 98.9 cm³/mol. The second-order valence-electron chi connectivity index (χ2n) is 5.17. The number of benzene rings is 1. The van der Waals surface area contributed by atoms with E-state index in [4.69, 9.17) is 0 Å². The molecule has 22 heavy (non-hydrogen) atoms. The zero-order chi connectivity index (χ0) is 13.7. The first-order valence-corrected chi connectivity index (χ1v) is 7.09. The van der Waals surface area contributed by atoms with Crippen LogP contribution >= 0.6 is 24.8 Å². The second kappa shape index (κ2) is 12.2.